The highest BCUT2D eigenvalue weighted by Crippen LogP contribution is 2.38. The molecule has 0 saturated carbocycles. The molecule has 1 N–H and O–H groups in total. The Hall–Kier alpha value is -3.53. The molecule has 5 nitrogen and oxygen atoms in total. The van der Waals surface area contributed by atoms with Gasteiger partial charge in [0.25, 0.3) is 5.91 Å². The minimum atomic E-state index is -0.590. The zero-order chi connectivity index (χ0) is 24.7. The number of benzene rings is 3. The van der Waals surface area contributed by atoms with Crippen LogP contribution in [-0.2, 0) is 11.4 Å². The summed E-state index contributed by atoms with van der Waals surface area (Å²) in [4.78, 5) is 12.6. The van der Waals surface area contributed by atoms with Gasteiger partial charge in [-0.1, -0.05) is 41.4 Å². The maximum atomic E-state index is 13.1. The molecule has 3 rings (SSSR count). The molecule has 0 aliphatic carbocycles. The maximum Gasteiger partial charge on any atom is 0.266 e. The Kier molecular flexibility index (Phi) is 8.53. The highest BCUT2D eigenvalue weighted by molar-refractivity contribution is 6.32. The van der Waals surface area contributed by atoms with E-state index in [-0.39, 0.29) is 23.0 Å². The summed E-state index contributed by atoms with van der Waals surface area (Å²) >= 11 is 12.5. The number of anilines is 1. The van der Waals surface area contributed by atoms with Crippen molar-refractivity contribution in [3.05, 3.63) is 92.7 Å². The quantitative estimate of drug-likeness (QED) is 0.269. The van der Waals surface area contributed by atoms with Crippen molar-refractivity contribution in [2.45, 2.75) is 20.5 Å². The Morgan fingerprint density at radius 2 is 1.82 bits per heavy atom. The summed E-state index contributed by atoms with van der Waals surface area (Å²) in [5.41, 5.74) is 2.45. The first-order chi connectivity index (χ1) is 16.3. The Labute approximate surface area is 207 Å². The van der Waals surface area contributed by atoms with Gasteiger partial charge in [0.05, 0.1) is 11.6 Å². The summed E-state index contributed by atoms with van der Waals surface area (Å²) in [5, 5.41) is 12.9. The second-order valence-corrected chi connectivity index (χ2v) is 8.08. The van der Waals surface area contributed by atoms with E-state index < -0.39 is 5.91 Å². The van der Waals surface area contributed by atoms with E-state index in [2.05, 4.69) is 5.32 Å². The van der Waals surface area contributed by atoms with Crippen molar-refractivity contribution >= 4 is 40.9 Å². The monoisotopic (exact) mass is 498 g/mol. The number of carbonyl (C=O) groups excluding carboxylic acids is 1. The van der Waals surface area contributed by atoms with Crippen molar-refractivity contribution < 1.29 is 18.7 Å². The highest BCUT2D eigenvalue weighted by atomic mass is 35.5. The molecule has 0 aromatic heterocycles. The molecule has 0 fully saturated rings. The molecule has 0 spiro atoms. The number of nitrogens with one attached hydrogen (secondary N) is 1. The molecular formula is C26H21Cl2FN2O3. The summed E-state index contributed by atoms with van der Waals surface area (Å²) in [6.45, 7) is 4.15. The third-order valence-electron chi connectivity index (χ3n) is 4.73. The number of ether oxygens (including phenoxy) is 2. The minimum absolute atomic E-state index is 0.129. The average Bonchev–Trinajstić information content (AvgIpc) is 2.80. The predicted molar refractivity (Wildman–Crippen MR) is 132 cm³/mol. The molecule has 0 heterocycles. The third-order valence-corrected chi connectivity index (χ3v) is 5.42. The molecule has 0 saturated heterocycles. The second-order valence-electron chi connectivity index (χ2n) is 7.27. The standard InChI is InChI=1S/C26H21Cl2FN2O3/c1-3-33-24-12-18(11-23(28)25(24)34-15-17-5-7-20(29)8-6-17)10-19(14-30)26(32)31-21-9-4-16(2)22(27)13-21/h4-13H,3,15H2,1-2H3,(H,31,32)/b19-10-. The fraction of sp³-hybridized carbons (Fsp3) is 0.154. The molecular weight excluding hydrogens is 478 g/mol. The molecule has 0 aliphatic heterocycles. The molecule has 34 heavy (non-hydrogen) atoms. The zero-order valence-electron chi connectivity index (χ0n) is 18.5. The first kappa shape index (κ1) is 25.1. The van der Waals surface area contributed by atoms with Crippen LogP contribution >= 0.6 is 23.2 Å². The smallest absolute Gasteiger partial charge is 0.266 e. The van der Waals surface area contributed by atoms with Gasteiger partial charge in [0.1, 0.15) is 24.1 Å². The van der Waals surface area contributed by atoms with E-state index in [0.717, 1.165) is 11.1 Å². The number of aryl methyl sites for hydroxylation is 1. The Balaban J connectivity index is 1.84. The van der Waals surface area contributed by atoms with Gasteiger partial charge >= 0.3 is 0 Å². The number of hydrogen-bond donors (Lipinski definition) is 1. The van der Waals surface area contributed by atoms with Crippen LogP contribution in [0.4, 0.5) is 10.1 Å². The molecule has 0 unspecified atom stereocenters. The lowest BCUT2D eigenvalue weighted by Gasteiger charge is -2.15. The van der Waals surface area contributed by atoms with Gasteiger partial charge in [-0.15, -0.1) is 0 Å². The molecule has 1 amide bonds. The summed E-state index contributed by atoms with van der Waals surface area (Å²) in [5.74, 6) is -0.266. The molecule has 0 bridgehead atoms. The molecule has 0 atom stereocenters. The zero-order valence-corrected chi connectivity index (χ0v) is 20.0. The van der Waals surface area contributed by atoms with Crippen molar-refractivity contribution in [1.29, 1.82) is 5.26 Å². The first-order valence-corrected chi connectivity index (χ1v) is 11.1. The van der Waals surface area contributed by atoms with Gasteiger partial charge in [-0.2, -0.15) is 5.26 Å². The van der Waals surface area contributed by atoms with Crippen LogP contribution in [0.2, 0.25) is 10.0 Å². The maximum absolute atomic E-state index is 13.1. The fourth-order valence-electron chi connectivity index (χ4n) is 2.99. The Morgan fingerprint density at radius 3 is 2.47 bits per heavy atom. The van der Waals surface area contributed by atoms with Crippen LogP contribution in [0.3, 0.4) is 0 Å². The first-order valence-electron chi connectivity index (χ1n) is 10.3. The van der Waals surface area contributed by atoms with Gasteiger partial charge in [0.15, 0.2) is 11.5 Å². The lowest BCUT2D eigenvalue weighted by Crippen LogP contribution is -2.13. The van der Waals surface area contributed by atoms with Gasteiger partial charge in [-0.3, -0.25) is 4.79 Å². The average molecular weight is 499 g/mol. The number of nitrogens with zero attached hydrogens (tertiary/aromatic N) is 1. The van der Waals surface area contributed by atoms with Gasteiger partial charge < -0.3 is 14.8 Å². The molecule has 174 valence electrons. The summed E-state index contributed by atoms with van der Waals surface area (Å²) in [6.07, 6.45) is 1.41. The van der Waals surface area contributed by atoms with Crippen LogP contribution in [0.1, 0.15) is 23.6 Å². The normalized spacial score (nSPS) is 11.0. The molecule has 0 radical (unpaired) electrons. The van der Waals surface area contributed by atoms with Crippen molar-refractivity contribution in [3.63, 3.8) is 0 Å². The lowest BCUT2D eigenvalue weighted by atomic mass is 10.1. The van der Waals surface area contributed by atoms with E-state index in [9.17, 15) is 14.4 Å². The SMILES string of the molecule is CCOc1cc(/C=C(/C#N)C(=O)Nc2ccc(C)c(Cl)c2)cc(Cl)c1OCc1ccc(F)cc1. The van der Waals surface area contributed by atoms with E-state index in [1.165, 1.54) is 18.2 Å². The molecule has 3 aromatic rings. The van der Waals surface area contributed by atoms with E-state index in [0.29, 0.717) is 34.4 Å². The summed E-state index contributed by atoms with van der Waals surface area (Å²) < 4.78 is 24.6. The number of nitriles is 1. The van der Waals surface area contributed by atoms with Gasteiger partial charge in [-0.05, 0) is 73.0 Å². The third kappa shape index (κ3) is 6.50. The Morgan fingerprint density at radius 1 is 1.09 bits per heavy atom. The van der Waals surface area contributed by atoms with Crippen LogP contribution in [-0.4, -0.2) is 12.5 Å². The Bertz CT molecular complexity index is 1270. The van der Waals surface area contributed by atoms with Crippen molar-refractivity contribution in [2.75, 3.05) is 11.9 Å². The van der Waals surface area contributed by atoms with Crippen LogP contribution in [0.15, 0.2) is 60.2 Å². The number of rotatable bonds is 8. The van der Waals surface area contributed by atoms with Crippen molar-refractivity contribution in [3.8, 4) is 17.6 Å². The largest absolute Gasteiger partial charge is 0.490 e. The molecule has 3 aromatic carbocycles. The van der Waals surface area contributed by atoms with Crippen LogP contribution in [0, 0.1) is 24.1 Å². The fourth-order valence-corrected chi connectivity index (χ4v) is 3.45. The van der Waals surface area contributed by atoms with Crippen molar-refractivity contribution in [2.24, 2.45) is 0 Å². The van der Waals surface area contributed by atoms with E-state index in [1.807, 2.05) is 13.0 Å². The van der Waals surface area contributed by atoms with Gasteiger partial charge in [-0.25, -0.2) is 4.39 Å². The lowest BCUT2D eigenvalue weighted by molar-refractivity contribution is -0.112. The number of carbonyl (C=O) groups is 1. The second kappa shape index (κ2) is 11.6. The van der Waals surface area contributed by atoms with E-state index in [1.54, 1.807) is 49.4 Å². The topological polar surface area (TPSA) is 71.3 Å². The molecule has 0 aliphatic rings. The number of amides is 1. The number of halogens is 3. The van der Waals surface area contributed by atoms with E-state index in [4.69, 9.17) is 32.7 Å². The van der Waals surface area contributed by atoms with E-state index >= 15 is 0 Å². The molecule has 8 heteroatoms. The predicted octanol–water partition coefficient (Wildman–Crippen LogP) is 6.96. The summed E-state index contributed by atoms with van der Waals surface area (Å²) in [6, 6.07) is 16.1. The van der Waals surface area contributed by atoms with Crippen LogP contribution in [0.5, 0.6) is 11.5 Å². The highest BCUT2D eigenvalue weighted by Gasteiger charge is 2.15. The van der Waals surface area contributed by atoms with Crippen LogP contribution < -0.4 is 14.8 Å². The summed E-state index contributed by atoms with van der Waals surface area (Å²) in [7, 11) is 0. The van der Waals surface area contributed by atoms with Crippen molar-refractivity contribution in [1.82, 2.24) is 0 Å². The minimum Gasteiger partial charge on any atom is -0.490 e. The van der Waals surface area contributed by atoms with Crippen LogP contribution in [0.25, 0.3) is 6.08 Å². The number of hydrogen-bond acceptors (Lipinski definition) is 4. The van der Waals surface area contributed by atoms with Gasteiger partial charge in [0.2, 0.25) is 0 Å². The van der Waals surface area contributed by atoms with Gasteiger partial charge in [0, 0.05) is 10.7 Å².